The highest BCUT2D eigenvalue weighted by molar-refractivity contribution is 7.57. The van der Waals surface area contributed by atoms with Crippen LogP contribution in [0.15, 0.2) is 47.6 Å². The van der Waals surface area contributed by atoms with Gasteiger partial charge in [0, 0.05) is 71.8 Å². The van der Waals surface area contributed by atoms with E-state index in [2.05, 4.69) is 0 Å². The van der Waals surface area contributed by atoms with Gasteiger partial charge in [0.15, 0.2) is 13.2 Å². The van der Waals surface area contributed by atoms with E-state index in [0.29, 0.717) is 63.4 Å². The predicted octanol–water partition coefficient (Wildman–Crippen LogP) is 7.74. The summed E-state index contributed by atoms with van der Waals surface area (Å²) in [5.41, 5.74) is 1.25. The highest BCUT2D eigenvalue weighted by Crippen LogP contribution is 2.45. The lowest BCUT2D eigenvalue weighted by molar-refractivity contribution is -0.265. The van der Waals surface area contributed by atoms with E-state index in [4.69, 9.17) is 28.2 Å². The minimum absolute atomic E-state index is 0.0117. The molecule has 69 heavy (non-hydrogen) atoms. The zero-order valence-electron chi connectivity index (χ0n) is 43.4. The quantitative estimate of drug-likeness (QED) is 0.104. The monoisotopic (exact) mass is 990 g/mol. The molecule has 15 nitrogen and oxygen atoms in total. The molecule has 16 heteroatoms. The van der Waals surface area contributed by atoms with Crippen LogP contribution in [0.5, 0.6) is 0 Å². The van der Waals surface area contributed by atoms with Gasteiger partial charge in [0.2, 0.25) is 5.79 Å². The standard InChI is InChI=1S/C53H84NO14P/c1-32-18-14-13-15-19-33(2)44(63-8)30-40-23-21-38(7)53(61,67-40)50(58)51(59)54-25-17-16-20-41(54)52(60)66-45(35(4)28-39-22-24-43(46(29-39)64-9)68-69(11,12)62)31-42(55)34(3)27-37(6)48(57)49(65-10)47(56)36(5)26-32/h13-15,18-19,27,32,34-36,38-41,43-46,48-49,57,61H,16-17,20-26,28-31H2,1-12H3/b15-13+,18-14+,33-19+,37-27+/t32-,34-,35-,36-,38-,39+,40?,41+,43-,44+,45+,46-,48-,49+,53-/m1/s1. The molecule has 0 spiro atoms. The van der Waals surface area contributed by atoms with Gasteiger partial charge in [0.1, 0.15) is 30.1 Å². The van der Waals surface area contributed by atoms with E-state index in [1.54, 1.807) is 54.4 Å². The highest BCUT2D eigenvalue weighted by atomic mass is 31.2. The molecule has 1 saturated carbocycles. The number of esters is 1. The van der Waals surface area contributed by atoms with Gasteiger partial charge in [-0.1, -0.05) is 71.1 Å². The molecule has 2 saturated heterocycles. The number of hydrogen-bond acceptors (Lipinski definition) is 14. The number of aliphatic hydroxyl groups excluding tert-OH is 1. The number of amides is 1. The molecule has 0 aromatic carbocycles. The average molecular weight is 990 g/mol. The Morgan fingerprint density at radius 3 is 2.22 bits per heavy atom. The fourth-order valence-electron chi connectivity index (χ4n) is 10.5. The molecule has 4 rings (SSSR count). The van der Waals surface area contributed by atoms with Crippen molar-refractivity contribution in [3.05, 3.63) is 47.6 Å². The second-order valence-electron chi connectivity index (χ2n) is 20.9. The van der Waals surface area contributed by atoms with E-state index >= 15 is 0 Å². The van der Waals surface area contributed by atoms with Gasteiger partial charge in [-0.15, -0.1) is 0 Å². The lowest BCUT2D eigenvalue weighted by Crippen LogP contribution is -2.61. The number of rotatable bonds is 8. The first-order valence-corrected chi connectivity index (χ1v) is 27.7. The minimum Gasteiger partial charge on any atom is -0.460 e. The van der Waals surface area contributed by atoms with Crippen molar-refractivity contribution in [3.8, 4) is 0 Å². The number of Topliss-reactive ketones (excluding diaryl/α,β-unsaturated/α-hetero) is 3. The smallest absolute Gasteiger partial charge is 0.329 e. The number of ketones is 3. The normalized spacial score (nSPS) is 39.0. The van der Waals surface area contributed by atoms with Crippen LogP contribution >= 0.6 is 7.37 Å². The van der Waals surface area contributed by atoms with Crippen LogP contribution in [-0.2, 0) is 56.7 Å². The first-order chi connectivity index (χ1) is 32.4. The van der Waals surface area contributed by atoms with Gasteiger partial charge in [-0.25, -0.2) is 4.79 Å². The third-order valence-corrected chi connectivity index (χ3v) is 15.6. The van der Waals surface area contributed by atoms with E-state index in [1.165, 1.54) is 12.0 Å². The summed E-state index contributed by atoms with van der Waals surface area (Å²) in [6, 6.07) is -1.16. The molecular weight excluding hydrogens is 906 g/mol. The average Bonchev–Trinajstić information content (AvgIpc) is 3.30. The maximum absolute atomic E-state index is 14.5. The molecule has 2 N–H and O–H groups in total. The number of cyclic esters (lactones) is 1. The highest BCUT2D eigenvalue weighted by Gasteiger charge is 2.53. The number of methoxy groups -OCH3 is 3. The van der Waals surface area contributed by atoms with E-state index in [1.807, 2.05) is 58.1 Å². The lowest BCUT2D eigenvalue weighted by Gasteiger charge is -2.42. The molecular formula is C53H84NO14P. The molecule has 3 aliphatic heterocycles. The number of aliphatic hydroxyl groups is 2. The third kappa shape index (κ3) is 16.2. The molecule has 2 bridgehead atoms. The van der Waals surface area contributed by atoms with Crippen LogP contribution in [0, 0.1) is 35.5 Å². The van der Waals surface area contributed by atoms with Crippen LogP contribution in [0.1, 0.15) is 126 Å². The molecule has 0 aromatic rings. The van der Waals surface area contributed by atoms with Crippen molar-refractivity contribution in [2.24, 2.45) is 35.5 Å². The Hall–Kier alpha value is -3.14. The molecule has 0 radical (unpaired) electrons. The van der Waals surface area contributed by atoms with E-state index < -0.39 is 85.1 Å². The lowest BCUT2D eigenvalue weighted by atomic mass is 9.78. The summed E-state index contributed by atoms with van der Waals surface area (Å²) >= 11 is 0. The number of ether oxygens (including phenoxy) is 5. The van der Waals surface area contributed by atoms with Crippen LogP contribution in [0.25, 0.3) is 0 Å². The summed E-state index contributed by atoms with van der Waals surface area (Å²) in [7, 11) is 1.76. The molecule has 1 unspecified atom stereocenters. The molecule has 0 aromatic heterocycles. The zero-order chi connectivity index (χ0) is 51.4. The van der Waals surface area contributed by atoms with Gasteiger partial charge in [-0.2, -0.15) is 0 Å². The number of fused-ring (bicyclic) bond motifs is 3. The molecule has 1 amide bonds. The summed E-state index contributed by atoms with van der Waals surface area (Å²) in [5.74, 6) is -8.11. The number of allylic oxidation sites excluding steroid dienone is 6. The van der Waals surface area contributed by atoms with Crippen molar-refractivity contribution >= 4 is 36.6 Å². The van der Waals surface area contributed by atoms with Crippen LogP contribution < -0.4 is 0 Å². The molecule has 15 atom stereocenters. The van der Waals surface area contributed by atoms with Gasteiger partial charge in [-0.3, -0.25) is 23.7 Å². The second kappa shape index (κ2) is 26.5. The van der Waals surface area contributed by atoms with Crippen molar-refractivity contribution in [2.45, 2.75) is 180 Å². The Kier molecular flexibility index (Phi) is 22.5. The number of carbonyl (C=O) groups excluding carboxylic acids is 5. The summed E-state index contributed by atoms with van der Waals surface area (Å²) < 4.78 is 48.2. The van der Waals surface area contributed by atoms with Crippen molar-refractivity contribution in [3.63, 3.8) is 0 Å². The largest absolute Gasteiger partial charge is 0.460 e. The summed E-state index contributed by atoms with van der Waals surface area (Å²) in [6.07, 6.45) is 11.4. The number of nitrogens with zero attached hydrogens (tertiary/aromatic N) is 1. The van der Waals surface area contributed by atoms with E-state index in [-0.39, 0.29) is 60.9 Å². The zero-order valence-corrected chi connectivity index (χ0v) is 44.3. The van der Waals surface area contributed by atoms with Gasteiger partial charge in [-0.05, 0) is 107 Å². The maximum Gasteiger partial charge on any atom is 0.329 e. The van der Waals surface area contributed by atoms with E-state index in [9.17, 15) is 38.8 Å². The minimum atomic E-state index is -2.79. The van der Waals surface area contributed by atoms with Gasteiger partial charge >= 0.3 is 5.97 Å². The Labute approximate surface area is 411 Å². The Morgan fingerprint density at radius 2 is 1.57 bits per heavy atom. The summed E-state index contributed by atoms with van der Waals surface area (Å²) in [5, 5.41) is 23.5. The topological polar surface area (TPSA) is 201 Å². The predicted molar refractivity (Wildman–Crippen MR) is 263 cm³/mol. The number of carbonyl (C=O) groups is 5. The van der Waals surface area contributed by atoms with Gasteiger partial charge < -0.3 is 43.3 Å². The Balaban J connectivity index is 1.70. The second-order valence-corrected chi connectivity index (χ2v) is 23.6. The third-order valence-electron chi connectivity index (χ3n) is 14.8. The molecule has 390 valence electrons. The first-order valence-electron chi connectivity index (χ1n) is 25.2. The van der Waals surface area contributed by atoms with Crippen LogP contribution in [0.3, 0.4) is 0 Å². The molecule has 1 aliphatic carbocycles. The fourth-order valence-corrected chi connectivity index (χ4v) is 11.4. The van der Waals surface area contributed by atoms with Gasteiger partial charge in [0.25, 0.3) is 11.7 Å². The van der Waals surface area contributed by atoms with Crippen LogP contribution in [0.2, 0.25) is 0 Å². The molecule has 3 heterocycles. The molecule has 3 fully saturated rings. The van der Waals surface area contributed by atoms with Crippen molar-refractivity contribution in [1.29, 1.82) is 0 Å². The summed E-state index contributed by atoms with van der Waals surface area (Å²) in [6.45, 7) is 15.9. The summed E-state index contributed by atoms with van der Waals surface area (Å²) in [4.78, 5) is 72.2. The SMILES string of the molecule is CO[C@H]1CC2CC[C@@H](C)[C@@](O)(O2)C(=O)C(=O)N2CCCC[C@H]2C(=O)O[C@H]([C@H](C)C[C@@H]2CC[C@@H](OP(C)(C)=O)[C@H](OC)C2)CC(=O)[C@H](C)/C=C(\C)[C@@H](O)[C@@H](OC)C(=O)[C@H](C)C[C@H](C)/C=C/C=C/C=C/1C. The first kappa shape index (κ1) is 58.4. The maximum atomic E-state index is 14.5. The number of piperidine rings is 1. The Morgan fingerprint density at radius 1 is 0.855 bits per heavy atom. The van der Waals surface area contributed by atoms with Gasteiger partial charge in [0.05, 0.1) is 24.4 Å². The van der Waals surface area contributed by atoms with Crippen molar-refractivity contribution < 1.29 is 67.0 Å². The Bertz CT molecular complexity index is 1940. The van der Waals surface area contributed by atoms with Crippen molar-refractivity contribution in [1.82, 2.24) is 4.90 Å². The molecule has 4 aliphatic rings. The van der Waals surface area contributed by atoms with Crippen molar-refractivity contribution in [2.75, 3.05) is 41.2 Å². The fraction of sp³-hybridized carbons (Fsp3) is 0.755. The number of hydrogen-bond donors (Lipinski definition) is 2. The van der Waals surface area contributed by atoms with E-state index in [0.717, 1.165) is 12.0 Å². The van der Waals surface area contributed by atoms with Crippen LogP contribution in [0.4, 0.5) is 0 Å². The van der Waals surface area contributed by atoms with Crippen LogP contribution in [-0.4, -0.2) is 140 Å².